The van der Waals surface area contributed by atoms with E-state index in [0.717, 1.165) is 32.7 Å². The Morgan fingerprint density at radius 2 is 2.04 bits per heavy atom. The number of nitrogens with one attached hydrogen (secondary N) is 1. The van der Waals surface area contributed by atoms with E-state index in [1.807, 2.05) is 42.3 Å². The van der Waals surface area contributed by atoms with Gasteiger partial charge in [0.25, 0.3) is 0 Å². The van der Waals surface area contributed by atoms with Gasteiger partial charge in [-0.05, 0) is 43.3 Å². The maximum absolute atomic E-state index is 12.1. The Morgan fingerprint density at radius 1 is 1.24 bits per heavy atom. The SMILES string of the molecule is CN(CC(=O)NCCc1ccc2c(c1)OCCO2)Cc1ccc(Cl)s1. The fourth-order valence-corrected chi connectivity index (χ4v) is 3.82. The lowest BCUT2D eigenvalue weighted by molar-refractivity contribution is -0.122. The molecule has 1 aliphatic heterocycles. The second kappa shape index (κ2) is 8.56. The first kappa shape index (κ1) is 18.0. The molecule has 2 aromatic rings. The van der Waals surface area contributed by atoms with E-state index < -0.39 is 0 Å². The summed E-state index contributed by atoms with van der Waals surface area (Å²) in [6, 6.07) is 9.78. The Hall–Kier alpha value is -1.76. The summed E-state index contributed by atoms with van der Waals surface area (Å²) in [4.78, 5) is 15.2. The maximum atomic E-state index is 12.1. The molecule has 0 atom stereocenters. The number of ether oxygens (including phenoxy) is 2. The summed E-state index contributed by atoms with van der Waals surface area (Å²) in [5, 5.41) is 2.96. The van der Waals surface area contributed by atoms with Crippen LogP contribution in [0.15, 0.2) is 30.3 Å². The van der Waals surface area contributed by atoms with Gasteiger partial charge in [-0.2, -0.15) is 0 Å². The Bertz CT molecular complexity index is 735. The number of carbonyl (C=O) groups is 1. The molecule has 1 N–H and O–H groups in total. The average molecular weight is 381 g/mol. The Balaban J connectivity index is 1.40. The molecule has 0 unspecified atom stereocenters. The van der Waals surface area contributed by atoms with Crippen LogP contribution in [0.2, 0.25) is 4.34 Å². The second-order valence-corrected chi connectivity index (χ2v) is 7.76. The van der Waals surface area contributed by atoms with Gasteiger partial charge in [-0.3, -0.25) is 9.69 Å². The van der Waals surface area contributed by atoms with Gasteiger partial charge in [0.2, 0.25) is 5.91 Å². The van der Waals surface area contributed by atoms with Crippen molar-refractivity contribution in [1.82, 2.24) is 10.2 Å². The lowest BCUT2D eigenvalue weighted by Crippen LogP contribution is -2.35. The van der Waals surface area contributed by atoms with E-state index in [-0.39, 0.29) is 5.91 Å². The van der Waals surface area contributed by atoms with E-state index in [9.17, 15) is 4.79 Å². The third-order valence-corrected chi connectivity index (χ3v) is 5.03. The predicted molar refractivity (Wildman–Crippen MR) is 99.8 cm³/mol. The summed E-state index contributed by atoms with van der Waals surface area (Å²) >= 11 is 7.46. The number of likely N-dealkylation sites (N-methyl/N-ethyl adjacent to an activating group) is 1. The molecule has 0 aliphatic carbocycles. The molecule has 0 saturated heterocycles. The van der Waals surface area contributed by atoms with E-state index >= 15 is 0 Å². The van der Waals surface area contributed by atoms with Gasteiger partial charge in [0.05, 0.1) is 10.9 Å². The molecule has 1 aromatic carbocycles. The van der Waals surface area contributed by atoms with Crippen LogP contribution in [-0.4, -0.2) is 44.2 Å². The zero-order chi connectivity index (χ0) is 17.6. The van der Waals surface area contributed by atoms with Gasteiger partial charge in [0.1, 0.15) is 13.2 Å². The molecule has 0 spiro atoms. The zero-order valence-corrected chi connectivity index (χ0v) is 15.7. The molecule has 1 amide bonds. The molecule has 1 aliphatic rings. The van der Waals surface area contributed by atoms with Crippen LogP contribution in [0.25, 0.3) is 0 Å². The van der Waals surface area contributed by atoms with Crippen LogP contribution in [0.4, 0.5) is 0 Å². The van der Waals surface area contributed by atoms with E-state index in [1.165, 1.54) is 11.3 Å². The molecule has 25 heavy (non-hydrogen) atoms. The minimum absolute atomic E-state index is 0.0164. The number of hydrogen-bond acceptors (Lipinski definition) is 5. The van der Waals surface area contributed by atoms with Crippen molar-refractivity contribution < 1.29 is 14.3 Å². The molecule has 3 rings (SSSR count). The van der Waals surface area contributed by atoms with Crippen LogP contribution in [0.5, 0.6) is 11.5 Å². The maximum Gasteiger partial charge on any atom is 0.234 e. The highest BCUT2D eigenvalue weighted by Gasteiger charge is 2.12. The number of amides is 1. The topological polar surface area (TPSA) is 50.8 Å². The summed E-state index contributed by atoms with van der Waals surface area (Å²) in [6.45, 7) is 2.84. The van der Waals surface area contributed by atoms with Gasteiger partial charge < -0.3 is 14.8 Å². The summed E-state index contributed by atoms with van der Waals surface area (Å²) in [5.74, 6) is 1.58. The number of hydrogen-bond donors (Lipinski definition) is 1. The molecule has 134 valence electrons. The van der Waals surface area contributed by atoms with Crippen LogP contribution < -0.4 is 14.8 Å². The number of halogens is 1. The summed E-state index contributed by atoms with van der Waals surface area (Å²) in [6.07, 6.45) is 0.757. The second-order valence-electron chi connectivity index (χ2n) is 5.96. The highest BCUT2D eigenvalue weighted by Crippen LogP contribution is 2.30. The molecule has 1 aromatic heterocycles. The zero-order valence-electron chi connectivity index (χ0n) is 14.1. The molecule has 7 heteroatoms. The molecular formula is C18H21ClN2O3S. The molecular weight excluding hydrogens is 360 g/mol. The predicted octanol–water partition coefficient (Wildman–Crippen LogP) is 2.96. The Kier molecular flexibility index (Phi) is 6.18. The summed E-state index contributed by atoms with van der Waals surface area (Å²) in [7, 11) is 1.92. The van der Waals surface area contributed by atoms with Crippen molar-refractivity contribution in [3.05, 3.63) is 45.1 Å². The molecule has 0 saturated carbocycles. The van der Waals surface area contributed by atoms with Crippen LogP contribution in [0, 0.1) is 0 Å². The molecule has 2 heterocycles. The van der Waals surface area contributed by atoms with E-state index in [0.29, 0.717) is 32.8 Å². The monoisotopic (exact) mass is 380 g/mol. The molecule has 0 fully saturated rings. The third kappa shape index (κ3) is 5.36. The number of nitrogens with zero attached hydrogens (tertiary/aromatic N) is 1. The van der Waals surface area contributed by atoms with Gasteiger partial charge in [-0.15, -0.1) is 11.3 Å². The summed E-state index contributed by atoms with van der Waals surface area (Å²) in [5.41, 5.74) is 1.12. The number of rotatable bonds is 7. The van der Waals surface area contributed by atoms with Gasteiger partial charge in [-0.25, -0.2) is 0 Å². The number of fused-ring (bicyclic) bond motifs is 1. The molecule has 0 radical (unpaired) electrons. The largest absolute Gasteiger partial charge is 0.486 e. The first-order valence-corrected chi connectivity index (χ1v) is 9.37. The van der Waals surface area contributed by atoms with Crippen molar-refractivity contribution in [2.45, 2.75) is 13.0 Å². The smallest absolute Gasteiger partial charge is 0.234 e. The third-order valence-electron chi connectivity index (χ3n) is 3.81. The number of thiophene rings is 1. The minimum Gasteiger partial charge on any atom is -0.486 e. The normalized spacial score (nSPS) is 13.1. The van der Waals surface area contributed by atoms with Crippen LogP contribution in [-0.2, 0) is 17.8 Å². The van der Waals surface area contributed by atoms with Crippen LogP contribution in [0.1, 0.15) is 10.4 Å². The van der Waals surface area contributed by atoms with Crippen molar-refractivity contribution in [2.75, 3.05) is 33.4 Å². The first-order chi connectivity index (χ1) is 12.1. The molecule has 5 nitrogen and oxygen atoms in total. The lowest BCUT2D eigenvalue weighted by Gasteiger charge is -2.19. The quantitative estimate of drug-likeness (QED) is 0.802. The van der Waals surface area contributed by atoms with Crippen molar-refractivity contribution >= 4 is 28.8 Å². The van der Waals surface area contributed by atoms with Crippen molar-refractivity contribution in [3.8, 4) is 11.5 Å². The lowest BCUT2D eigenvalue weighted by atomic mass is 10.1. The van der Waals surface area contributed by atoms with E-state index in [4.69, 9.17) is 21.1 Å². The van der Waals surface area contributed by atoms with Crippen molar-refractivity contribution in [3.63, 3.8) is 0 Å². The van der Waals surface area contributed by atoms with Gasteiger partial charge in [0.15, 0.2) is 11.5 Å². The van der Waals surface area contributed by atoms with E-state index in [2.05, 4.69) is 5.32 Å². The molecule has 0 bridgehead atoms. The number of benzene rings is 1. The van der Waals surface area contributed by atoms with Crippen LogP contribution >= 0.6 is 22.9 Å². The Labute approximate surface area is 156 Å². The van der Waals surface area contributed by atoms with Gasteiger partial charge >= 0.3 is 0 Å². The average Bonchev–Trinajstić information content (AvgIpc) is 2.99. The highest BCUT2D eigenvalue weighted by atomic mass is 35.5. The van der Waals surface area contributed by atoms with Crippen LogP contribution in [0.3, 0.4) is 0 Å². The highest BCUT2D eigenvalue weighted by molar-refractivity contribution is 7.16. The van der Waals surface area contributed by atoms with E-state index in [1.54, 1.807) is 0 Å². The fraction of sp³-hybridized carbons (Fsp3) is 0.389. The standard InChI is InChI=1S/C18H21ClN2O3S/c1-21(11-14-3-5-17(19)25-14)12-18(22)20-7-6-13-2-4-15-16(10-13)24-9-8-23-15/h2-5,10H,6-9,11-12H2,1H3,(H,20,22). The minimum atomic E-state index is 0.0164. The van der Waals surface area contributed by atoms with Gasteiger partial charge in [-0.1, -0.05) is 17.7 Å². The van der Waals surface area contributed by atoms with Crippen molar-refractivity contribution in [2.24, 2.45) is 0 Å². The van der Waals surface area contributed by atoms with Gasteiger partial charge in [0, 0.05) is 18.0 Å². The fourth-order valence-electron chi connectivity index (χ4n) is 2.65. The first-order valence-electron chi connectivity index (χ1n) is 8.18. The van der Waals surface area contributed by atoms with Crippen molar-refractivity contribution in [1.29, 1.82) is 0 Å². The Morgan fingerprint density at radius 3 is 2.80 bits per heavy atom. The number of carbonyl (C=O) groups excluding carboxylic acids is 1. The summed E-state index contributed by atoms with van der Waals surface area (Å²) < 4.78 is 11.9.